The summed E-state index contributed by atoms with van der Waals surface area (Å²) in [7, 11) is 1.89. The van der Waals surface area contributed by atoms with Gasteiger partial charge in [0.05, 0.1) is 11.1 Å². The Labute approximate surface area is 146 Å². The molecule has 0 spiro atoms. The van der Waals surface area contributed by atoms with Crippen molar-refractivity contribution in [2.75, 3.05) is 5.32 Å². The van der Waals surface area contributed by atoms with E-state index in [1.165, 1.54) is 5.56 Å². The lowest BCUT2D eigenvalue weighted by molar-refractivity contribution is -0.142. The van der Waals surface area contributed by atoms with Crippen molar-refractivity contribution in [3.8, 4) is 0 Å². The summed E-state index contributed by atoms with van der Waals surface area (Å²) in [5.41, 5.74) is 2.50. The fourth-order valence-corrected chi connectivity index (χ4v) is 3.21. The average molecular weight is 341 g/mol. The van der Waals surface area contributed by atoms with E-state index in [9.17, 15) is 14.7 Å². The van der Waals surface area contributed by atoms with E-state index in [2.05, 4.69) is 10.4 Å². The van der Waals surface area contributed by atoms with E-state index in [0.717, 1.165) is 18.5 Å². The van der Waals surface area contributed by atoms with Gasteiger partial charge in [0.15, 0.2) is 0 Å². The first kappa shape index (κ1) is 17.2. The van der Waals surface area contributed by atoms with E-state index in [1.54, 1.807) is 42.8 Å². The minimum atomic E-state index is -1.01. The molecule has 0 fully saturated rings. The number of rotatable bonds is 4. The Morgan fingerprint density at radius 3 is 2.84 bits per heavy atom. The molecule has 1 aromatic carbocycles. The molecule has 0 saturated heterocycles. The van der Waals surface area contributed by atoms with E-state index in [1.807, 2.05) is 13.2 Å². The molecule has 1 heterocycles. The van der Waals surface area contributed by atoms with Crippen LogP contribution in [0, 0.1) is 5.92 Å². The molecule has 6 heteroatoms. The standard InChI is InChI=1S/C19H23N3O3/c1-19(2,18(24)25)14-5-4-6-15(10-14)20-17(23)12-7-8-13-11-22(3)21-16(13)9-12/h4-6,10-12H,7-9H2,1-3H3,(H,20,23)(H,24,25). The van der Waals surface area contributed by atoms with Crippen molar-refractivity contribution in [2.45, 2.75) is 38.5 Å². The number of benzene rings is 1. The van der Waals surface area contributed by atoms with Crippen molar-refractivity contribution in [2.24, 2.45) is 13.0 Å². The maximum absolute atomic E-state index is 12.6. The monoisotopic (exact) mass is 341 g/mol. The van der Waals surface area contributed by atoms with Gasteiger partial charge in [-0.2, -0.15) is 5.10 Å². The van der Waals surface area contributed by atoms with Gasteiger partial charge in [0, 0.05) is 31.3 Å². The van der Waals surface area contributed by atoms with Gasteiger partial charge in [-0.05, 0) is 49.9 Å². The summed E-state index contributed by atoms with van der Waals surface area (Å²) in [4.78, 5) is 24.0. The molecule has 6 nitrogen and oxygen atoms in total. The number of nitrogens with one attached hydrogen (secondary N) is 1. The molecule has 2 N–H and O–H groups in total. The zero-order valence-corrected chi connectivity index (χ0v) is 14.7. The highest BCUT2D eigenvalue weighted by atomic mass is 16.4. The summed E-state index contributed by atoms with van der Waals surface area (Å²) in [5, 5.41) is 16.7. The second-order valence-corrected chi connectivity index (χ2v) is 7.21. The number of aliphatic carboxylic acids is 1. The summed E-state index contributed by atoms with van der Waals surface area (Å²) >= 11 is 0. The summed E-state index contributed by atoms with van der Waals surface area (Å²) in [6.45, 7) is 3.31. The molecule has 0 radical (unpaired) electrons. The van der Waals surface area contributed by atoms with Crippen LogP contribution in [-0.2, 0) is 34.9 Å². The zero-order valence-electron chi connectivity index (χ0n) is 14.7. The summed E-state index contributed by atoms with van der Waals surface area (Å²) in [6, 6.07) is 7.06. The largest absolute Gasteiger partial charge is 0.481 e. The molecular weight excluding hydrogens is 318 g/mol. The van der Waals surface area contributed by atoms with Crippen LogP contribution in [0.25, 0.3) is 0 Å². The van der Waals surface area contributed by atoms with Gasteiger partial charge in [-0.1, -0.05) is 12.1 Å². The Hall–Kier alpha value is -2.63. The lowest BCUT2D eigenvalue weighted by Crippen LogP contribution is -2.30. The van der Waals surface area contributed by atoms with Crippen LogP contribution in [0.4, 0.5) is 5.69 Å². The van der Waals surface area contributed by atoms with Crippen LogP contribution in [0.2, 0.25) is 0 Å². The molecule has 1 aliphatic rings. The molecule has 1 aliphatic carbocycles. The first-order valence-electron chi connectivity index (χ1n) is 8.43. The van der Waals surface area contributed by atoms with Crippen LogP contribution < -0.4 is 5.32 Å². The minimum absolute atomic E-state index is 0.0402. The maximum Gasteiger partial charge on any atom is 0.313 e. The lowest BCUT2D eigenvalue weighted by atomic mass is 9.84. The highest BCUT2D eigenvalue weighted by Crippen LogP contribution is 2.28. The Morgan fingerprint density at radius 2 is 2.12 bits per heavy atom. The molecule has 1 amide bonds. The summed E-state index contributed by atoms with van der Waals surface area (Å²) in [5.74, 6) is -1.05. The lowest BCUT2D eigenvalue weighted by Gasteiger charge is -2.22. The number of aromatic nitrogens is 2. The normalized spacial score (nSPS) is 17.0. The van der Waals surface area contributed by atoms with Gasteiger partial charge in [-0.3, -0.25) is 14.3 Å². The molecular formula is C19H23N3O3. The number of hydrogen-bond donors (Lipinski definition) is 2. The fourth-order valence-electron chi connectivity index (χ4n) is 3.21. The quantitative estimate of drug-likeness (QED) is 0.895. The molecule has 25 heavy (non-hydrogen) atoms. The minimum Gasteiger partial charge on any atom is -0.481 e. The molecule has 2 aromatic rings. The molecule has 1 aromatic heterocycles. The fraction of sp³-hybridized carbons (Fsp3) is 0.421. The number of carbonyl (C=O) groups excluding carboxylic acids is 1. The third-order valence-corrected chi connectivity index (χ3v) is 4.95. The SMILES string of the molecule is Cn1cc2c(n1)CC(C(=O)Nc1cccc(C(C)(C)C(=O)O)c1)CC2. The van der Waals surface area contributed by atoms with Crippen LogP contribution in [0.3, 0.4) is 0 Å². The average Bonchev–Trinajstić information content (AvgIpc) is 2.94. The topological polar surface area (TPSA) is 84.2 Å². The number of fused-ring (bicyclic) bond motifs is 1. The molecule has 0 aliphatic heterocycles. The summed E-state index contributed by atoms with van der Waals surface area (Å²) in [6.07, 6.45) is 4.31. The highest BCUT2D eigenvalue weighted by Gasteiger charge is 2.30. The van der Waals surface area contributed by atoms with Crippen LogP contribution in [0.5, 0.6) is 0 Å². The van der Waals surface area contributed by atoms with Crippen molar-refractivity contribution in [3.05, 3.63) is 47.3 Å². The molecule has 0 saturated carbocycles. The Bertz CT molecular complexity index is 823. The van der Waals surface area contributed by atoms with Crippen molar-refractivity contribution in [1.29, 1.82) is 0 Å². The Balaban J connectivity index is 1.73. The second-order valence-electron chi connectivity index (χ2n) is 7.21. The number of carboxylic acid groups (broad SMARTS) is 1. The third kappa shape index (κ3) is 3.43. The van der Waals surface area contributed by atoms with Crippen molar-refractivity contribution >= 4 is 17.6 Å². The molecule has 132 valence electrons. The van der Waals surface area contributed by atoms with Crippen LogP contribution in [0.15, 0.2) is 30.5 Å². The number of hydrogen-bond acceptors (Lipinski definition) is 3. The zero-order chi connectivity index (χ0) is 18.2. The number of amides is 1. The first-order chi connectivity index (χ1) is 11.8. The van der Waals surface area contributed by atoms with Gasteiger partial charge in [-0.15, -0.1) is 0 Å². The van der Waals surface area contributed by atoms with E-state index in [-0.39, 0.29) is 11.8 Å². The third-order valence-electron chi connectivity index (χ3n) is 4.95. The van der Waals surface area contributed by atoms with Gasteiger partial charge >= 0.3 is 5.97 Å². The van der Waals surface area contributed by atoms with Crippen molar-refractivity contribution in [3.63, 3.8) is 0 Å². The van der Waals surface area contributed by atoms with Crippen LogP contribution in [0.1, 0.15) is 37.1 Å². The number of carbonyl (C=O) groups is 2. The van der Waals surface area contributed by atoms with Crippen molar-refractivity contribution < 1.29 is 14.7 Å². The van der Waals surface area contributed by atoms with Gasteiger partial charge in [0.25, 0.3) is 0 Å². The van der Waals surface area contributed by atoms with Crippen molar-refractivity contribution in [1.82, 2.24) is 9.78 Å². The maximum atomic E-state index is 12.6. The van der Waals surface area contributed by atoms with E-state index in [4.69, 9.17) is 0 Å². The molecule has 1 atom stereocenters. The number of anilines is 1. The van der Waals surface area contributed by atoms with E-state index >= 15 is 0 Å². The first-order valence-corrected chi connectivity index (χ1v) is 8.43. The van der Waals surface area contributed by atoms with Crippen LogP contribution >= 0.6 is 0 Å². The number of carboxylic acids is 1. The molecule has 0 bridgehead atoms. The van der Waals surface area contributed by atoms with Crippen LogP contribution in [-0.4, -0.2) is 26.8 Å². The smallest absolute Gasteiger partial charge is 0.313 e. The summed E-state index contributed by atoms with van der Waals surface area (Å²) < 4.78 is 1.79. The predicted molar refractivity (Wildman–Crippen MR) is 94.5 cm³/mol. The van der Waals surface area contributed by atoms with Gasteiger partial charge in [0.2, 0.25) is 5.91 Å². The van der Waals surface area contributed by atoms with E-state index < -0.39 is 11.4 Å². The molecule has 3 rings (SSSR count). The molecule has 1 unspecified atom stereocenters. The Morgan fingerprint density at radius 1 is 1.36 bits per heavy atom. The van der Waals surface area contributed by atoms with E-state index in [0.29, 0.717) is 17.7 Å². The number of nitrogens with zero attached hydrogens (tertiary/aromatic N) is 2. The van der Waals surface area contributed by atoms with Gasteiger partial charge < -0.3 is 10.4 Å². The Kier molecular flexibility index (Phi) is 4.37. The number of aryl methyl sites for hydroxylation is 2. The highest BCUT2D eigenvalue weighted by molar-refractivity contribution is 5.93. The van der Waals surface area contributed by atoms with Gasteiger partial charge in [-0.25, -0.2) is 0 Å². The second kappa shape index (κ2) is 6.35. The predicted octanol–water partition coefficient (Wildman–Crippen LogP) is 2.53. The van der Waals surface area contributed by atoms with Gasteiger partial charge in [0.1, 0.15) is 0 Å².